The molecule has 4 aromatic rings. The minimum absolute atomic E-state index is 0.0635. The fourth-order valence-electron chi connectivity index (χ4n) is 6.79. The van der Waals surface area contributed by atoms with Gasteiger partial charge in [-0.15, -0.1) is 0 Å². The molecule has 3 aromatic carbocycles. The minimum atomic E-state index is -0.811. The fourth-order valence-corrected chi connectivity index (χ4v) is 6.79. The molecule has 0 radical (unpaired) electrons. The van der Waals surface area contributed by atoms with Crippen LogP contribution >= 0.6 is 0 Å². The number of alkyl carbamates (subject to hydrolysis) is 1. The molecular weight excluding hydrogens is 631 g/mol. The lowest BCUT2D eigenvalue weighted by Gasteiger charge is -2.28. The van der Waals surface area contributed by atoms with Crippen molar-refractivity contribution in [2.45, 2.75) is 45.3 Å². The van der Waals surface area contributed by atoms with E-state index in [2.05, 4.69) is 15.5 Å². The molecule has 2 fully saturated rings. The third-order valence-corrected chi connectivity index (χ3v) is 9.16. The first-order valence-corrected chi connectivity index (χ1v) is 16.7. The third kappa shape index (κ3) is 6.35. The maximum atomic E-state index is 16.3. The highest BCUT2D eigenvalue weighted by Crippen LogP contribution is 2.48. The van der Waals surface area contributed by atoms with Crippen LogP contribution in [-0.2, 0) is 9.47 Å². The van der Waals surface area contributed by atoms with Gasteiger partial charge in [0, 0.05) is 38.9 Å². The number of nitrogens with one attached hydrogen (secondary N) is 2. The Kier molecular flexibility index (Phi) is 8.57. The number of nitrogen functional groups attached to an aromatic ring is 1. The molecule has 0 spiro atoms. The Bertz CT molecular complexity index is 2020. The second-order valence-electron chi connectivity index (χ2n) is 13.8. The van der Waals surface area contributed by atoms with Crippen LogP contribution in [0.5, 0.6) is 11.5 Å². The number of carbonyl (C=O) groups is 2. The lowest BCUT2D eigenvalue weighted by Crippen LogP contribution is -2.41. The molecule has 1 atom stereocenters. The number of morpholine rings is 1. The van der Waals surface area contributed by atoms with E-state index in [1.165, 1.54) is 11.1 Å². The second-order valence-corrected chi connectivity index (χ2v) is 13.8. The summed E-state index contributed by atoms with van der Waals surface area (Å²) in [4.78, 5) is 44.3. The number of fused-ring (bicyclic) bond motifs is 3. The Morgan fingerprint density at radius 1 is 1.10 bits per heavy atom. The van der Waals surface area contributed by atoms with Crippen molar-refractivity contribution >= 4 is 45.1 Å². The number of hydrogen-bond acceptors (Lipinski definition) is 9. The van der Waals surface area contributed by atoms with Gasteiger partial charge in [0.1, 0.15) is 22.4 Å². The normalized spacial score (nSPS) is 17.6. The van der Waals surface area contributed by atoms with Crippen LogP contribution in [0.1, 0.15) is 44.0 Å². The van der Waals surface area contributed by atoms with E-state index in [0.29, 0.717) is 44.2 Å². The molecule has 0 bridgehead atoms. The van der Waals surface area contributed by atoms with Gasteiger partial charge < -0.3 is 40.0 Å². The van der Waals surface area contributed by atoms with Gasteiger partial charge in [-0.3, -0.25) is 14.5 Å². The van der Waals surface area contributed by atoms with Gasteiger partial charge in [-0.25, -0.2) is 9.18 Å². The number of aromatic nitrogens is 1. The average Bonchev–Trinajstić information content (AvgIpc) is 3.53. The van der Waals surface area contributed by atoms with Crippen LogP contribution in [0.4, 0.5) is 20.6 Å². The third-order valence-electron chi connectivity index (χ3n) is 9.16. The number of nitrogens with two attached hydrogens (primary N) is 1. The number of nitrogens with zero attached hydrogens (tertiary/aromatic N) is 3. The summed E-state index contributed by atoms with van der Waals surface area (Å²) in [6.45, 7) is 10.1. The average molecular weight is 673 g/mol. The van der Waals surface area contributed by atoms with E-state index in [9.17, 15) is 14.4 Å². The Labute approximate surface area is 282 Å². The lowest BCUT2D eigenvalue weighted by molar-refractivity contribution is 0.0378. The molecule has 2 amide bonds. The highest BCUT2D eigenvalue weighted by atomic mass is 19.1. The highest BCUT2D eigenvalue weighted by Gasteiger charge is 2.35. The van der Waals surface area contributed by atoms with Crippen LogP contribution in [-0.4, -0.2) is 90.5 Å². The molecular formula is C36H41FN6O6. The van der Waals surface area contributed by atoms with Gasteiger partial charge in [0.25, 0.3) is 5.91 Å². The Morgan fingerprint density at radius 2 is 1.84 bits per heavy atom. The van der Waals surface area contributed by atoms with E-state index in [-0.39, 0.29) is 46.2 Å². The maximum absolute atomic E-state index is 16.3. The van der Waals surface area contributed by atoms with Crippen LogP contribution in [0, 0.1) is 5.82 Å². The summed E-state index contributed by atoms with van der Waals surface area (Å²) < 4.78 is 35.2. The van der Waals surface area contributed by atoms with Gasteiger partial charge >= 0.3 is 6.09 Å². The fraction of sp³-hybridized carbons (Fsp3) is 0.417. The summed E-state index contributed by atoms with van der Waals surface area (Å²) in [5.41, 5.74) is 5.48. The minimum Gasteiger partial charge on any atom is -0.451 e. The summed E-state index contributed by atoms with van der Waals surface area (Å²) in [5, 5.41) is 7.71. The van der Waals surface area contributed by atoms with Crippen LogP contribution in [0.25, 0.3) is 27.4 Å². The van der Waals surface area contributed by atoms with Crippen molar-refractivity contribution < 1.29 is 28.2 Å². The van der Waals surface area contributed by atoms with Crippen molar-refractivity contribution in [2.75, 3.05) is 63.5 Å². The standard InChI is InChI=1S/C36H41FN6O6/c1-36(2,3)49-35(46)40-23-9-12-42(19-23)34(45)24-20-43-25-17-21-7-4-5-8-22(21)18-26(25)48-33-30(28(37)29(38)27(31(33)43)32(24)44)39-10-6-11-41-13-15-47-16-14-41/h4-5,7-8,17-18,20,23,39H,6,9-16,19,38H2,1-3H3,(H,40,46). The molecule has 7 rings (SSSR count). The molecule has 2 saturated heterocycles. The molecule has 1 unspecified atom stereocenters. The quantitative estimate of drug-likeness (QED) is 0.164. The summed E-state index contributed by atoms with van der Waals surface area (Å²) in [5.74, 6) is -0.772. The van der Waals surface area contributed by atoms with Crippen molar-refractivity contribution in [2.24, 2.45) is 0 Å². The van der Waals surface area contributed by atoms with Crippen molar-refractivity contribution in [3.63, 3.8) is 0 Å². The van der Waals surface area contributed by atoms with Crippen LogP contribution in [0.15, 0.2) is 47.4 Å². The largest absolute Gasteiger partial charge is 0.451 e. The first kappa shape index (κ1) is 32.7. The Balaban J connectivity index is 1.27. The number of carbonyl (C=O) groups excluding carboxylic acids is 2. The van der Waals surface area contributed by atoms with Crippen molar-refractivity contribution in [3.8, 4) is 17.2 Å². The Hall–Kier alpha value is -4.88. The van der Waals surface area contributed by atoms with Gasteiger partial charge in [0.15, 0.2) is 17.3 Å². The monoisotopic (exact) mass is 672 g/mol. The number of rotatable bonds is 7. The van der Waals surface area contributed by atoms with Gasteiger partial charge in [-0.2, -0.15) is 0 Å². The Morgan fingerprint density at radius 3 is 2.57 bits per heavy atom. The summed E-state index contributed by atoms with van der Waals surface area (Å²) in [7, 11) is 0. The molecule has 3 aliphatic heterocycles. The molecule has 4 N–H and O–H groups in total. The van der Waals surface area contributed by atoms with Crippen LogP contribution < -0.4 is 26.5 Å². The zero-order valence-corrected chi connectivity index (χ0v) is 27.9. The molecule has 1 aromatic heterocycles. The van der Waals surface area contributed by atoms with E-state index in [0.717, 1.165) is 36.8 Å². The molecule has 12 nitrogen and oxygen atoms in total. The topological polar surface area (TPSA) is 140 Å². The molecule has 3 aliphatic rings. The van der Waals surface area contributed by atoms with E-state index < -0.39 is 28.8 Å². The van der Waals surface area contributed by atoms with E-state index in [1.54, 1.807) is 25.3 Å². The molecule has 0 saturated carbocycles. The number of amides is 2. The van der Waals surface area contributed by atoms with Crippen molar-refractivity contribution in [1.82, 2.24) is 19.7 Å². The number of likely N-dealkylation sites (tertiary alicyclic amines) is 1. The summed E-state index contributed by atoms with van der Waals surface area (Å²) in [6.07, 6.45) is 2.14. The molecule has 49 heavy (non-hydrogen) atoms. The lowest BCUT2D eigenvalue weighted by atomic mass is 10.0. The molecule has 4 heterocycles. The number of ether oxygens (including phenoxy) is 3. The van der Waals surface area contributed by atoms with Gasteiger partial charge in [0.2, 0.25) is 5.43 Å². The predicted octanol–water partition coefficient (Wildman–Crippen LogP) is 4.84. The number of benzene rings is 3. The predicted molar refractivity (Wildman–Crippen MR) is 186 cm³/mol. The van der Waals surface area contributed by atoms with E-state index in [4.69, 9.17) is 19.9 Å². The van der Waals surface area contributed by atoms with Gasteiger partial charge in [0.05, 0.1) is 36.0 Å². The summed E-state index contributed by atoms with van der Waals surface area (Å²) in [6, 6.07) is 11.2. The van der Waals surface area contributed by atoms with E-state index >= 15 is 4.39 Å². The molecule has 0 aliphatic carbocycles. The van der Waals surface area contributed by atoms with Crippen molar-refractivity contribution in [1.29, 1.82) is 0 Å². The SMILES string of the molecule is CC(C)(C)OC(=O)NC1CCN(C(=O)c2cn3c4c(c(NCCCN5CCOCC5)c(F)c(N)c4c2=O)Oc2cc4ccccc4cc2-3)C1. The van der Waals surface area contributed by atoms with Crippen LogP contribution in [0.3, 0.4) is 0 Å². The first-order chi connectivity index (χ1) is 23.5. The molecule has 258 valence electrons. The smallest absolute Gasteiger partial charge is 0.407 e. The maximum Gasteiger partial charge on any atom is 0.407 e. The van der Waals surface area contributed by atoms with Crippen LogP contribution in [0.2, 0.25) is 0 Å². The summed E-state index contributed by atoms with van der Waals surface area (Å²) >= 11 is 0. The number of anilines is 2. The number of pyridine rings is 1. The number of hydrogen-bond donors (Lipinski definition) is 3. The molecule has 13 heteroatoms. The highest BCUT2D eigenvalue weighted by molar-refractivity contribution is 6.06. The van der Waals surface area contributed by atoms with Crippen molar-refractivity contribution in [3.05, 3.63) is 64.2 Å². The van der Waals surface area contributed by atoms with Gasteiger partial charge in [-0.05, 0) is 63.1 Å². The zero-order valence-electron chi connectivity index (χ0n) is 27.9. The van der Waals surface area contributed by atoms with Gasteiger partial charge in [-0.1, -0.05) is 24.3 Å². The van der Waals surface area contributed by atoms with E-state index in [1.807, 2.05) is 36.4 Å². The first-order valence-electron chi connectivity index (χ1n) is 16.7. The number of halogens is 1. The zero-order chi connectivity index (χ0) is 34.4. The second kappa shape index (κ2) is 12.9.